The Morgan fingerprint density at radius 1 is 1.12 bits per heavy atom. The second-order valence-electron chi connectivity index (χ2n) is 6.67. The standard InChI is InChI=1S/C22H25N3O5S2/c1-4-25(5-2)32(27,28)21-12-16(10-11-20(21)29-3)22(26)24-18-8-6-7-9-19(18)30-13-17-14-31-15-23-17/h6-12,14-15H,4-5,13H2,1-3H3,(H,24,26). The normalized spacial score (nSPS) is 11.4. The van der Waals surface area contributed by atoms with Crippen molar-refractivity contribution in [2.75, 3.05) is 25.5 Å². The molecule has 0 bridgehead atoms. The van der Waals surface area contributed by atoms with Crippen molar-refractivity contribution in [2.24, 2.45) is 0 Å². The molecule has 0 spiro atoms. The molecule has 0 saturated carbocycles. The largest absolute Gasteiger partial charge is 0.495 e. The summed E-state index contributed by atoms with van der Waals surface area (Å²) in [6, 6.07) is 11.4. The van der Waals surface area contributed by atoms with Gasteiger partial charge in [-0.2, -0.15) is 4.31 Å². The molecule has 0 aliphatic rings. The molecule has 2 aromatic carbocycles. The van der Waals surface area contributed by atoms with Gasteiger partial charge in [0.15, 0.2) is 0 Å². The van der Waals surface area contributed by atoms with E-state index in [2.05, 4.69) is 10.3 Å². The molecule has 0 saturated heterocycles. The summed E-state index contributed by atoms with van der Waals surface area (Å²) in [6.07, 6.45) is 0. The average Bonchev–Trinajstić information content (AvgIpc) is 3.32. The summed E-state index contributed by atoms with van der Waals surface area (Å²) in [6.45, 7) is 4.40. The Bertz CT molecular complexity index is 1160. The molecule has 170 valence electrons. The molecular weight excluding hydrogens is 450 g/mol. The van der Waals surface area contributed by atoms with E-state index in [9.17, 15) is 13.2 Å². The quantitative estimate of drug-likeness (QED) is 0.476. The minimum absolute atomic E-state index is 0.0515. The highest BCUT2D eigenvalue weighted by atomic mass is 32.2. The molecule has 3 rings (SSSR count). The van der Waals surface area contributed by atoms with E-state index in [4.69, 9.17) is 9.47 Å². The third-order valence-electron chi connectivity index (χ3n) is 4.74. The lowest BCUT2D eigenvalue weighted by atomic mass is 10.2. The highest BCUT2D eigenvalue weighted by molar-refractivity contribution is 7.89. The van der Waals surface area contributed by atoms with Crippen LogP contribution >= 0.6 is 11.3 Å². The number of aromatic nitrogens is 1. The number of carbonyl (C=O) groups excluding carboxylic acids is 1. The first-order chi connectivity index (χ1) is 15.4. The molecular formula is C22H25N3O5S2. The minimum Gasteiger partial charge on any atom is -0.495 e. The number of hydrogen-bond donors (Lipinski definition) is 1. The Morgan fingerprint density at radius 2 is 1.88 bits per heavy atom. The number of ether oxygens (including phenoxy) is 2. The summed E-state index contributed by atoms with van der Waals surface area (Å²) in [5.41, 5.74) is 3.17. The number of thiazole rings is 1. The van der Waals surface area contributed by atoms with Crippen LogP contribution in [-0.4, -0.2) is 43.8 Å². The Kier molecular flexibility index (Phi) is 7.84. The fraction of sp³-hybridized carbons (Fsp3) is 0.273. The van der Waals surface area contributed by atoms with Crippen molar-refractivity contribution in [1.29, 1.82) is 0 Å². The van der Waals surface area contributed by atoms with Crippen LogP contribution in [0, 0.1) is 0 Å². The van der Waals surface area contributed by atoms with E-state index in [1.54, 1.807) is 43.6 Å². The Balaban J connectivity index is 1.86. The van der Waals surface area contributed by atoms with Gasteiger partial charge in [0, 0.05) is 24.0 Å². The lowest BCUT2D eigenvalue weighted by Crippen LogP contribution is -2.31. The van der Waals surface area contributed by atoms with Crippen molar-refractivity contribution in [2.45, 2.75) is 25.3 Å². The van der Waals surface area contributed by atoms with Crippen LogP contribution in [0.3, 0.4) is 0 Å². The van der Waals surface area contributed by atoms with Crippen LogP contribution in [0.4, 0.5) is 5.69 Å². The minimum atomic E-state index is -3.82. The van der Waals surface area contributed by atoms with E-state index in [-0.39, 0.29) is 22.8 Å². The predicted molar refractivity (Wildman–Crippen MR) is 124 cm³/mol. The number of hydrogen-bond acceptors (Lipinski definition) is 7. The number of nitrogens with one attached hydrogen (secondary N) is 1. The molecule has 10 heteroatoms. The molecule has 1 amide bonds. The summed E-state index contributed by atoms with van der Waals surface area (Å²) < 4.78 is 38.5. The van der Waals surface area contributed by atoms with E-state index < -0.39 is 15.9 Å². The number of carbonyl (C=O) groups is 1. The zero-order chi connectivity index (χ0) is 23.1. The van der Waals surface area contributed by atoms with Gasteiger partial charge < -0.3 is 14.8 Å². The fourth-order valence-electron chi connectivity index (χ4n) is 3.07. The van der Waals surface area contributed by atoms with Gasteiger partial charge in [-0.1, -0.05) is 26.0 Å². The molecule has 1 heterocycles. The summed E-state index contributed by atoms with van der Waals surface area (Å²) in [5, 5.41) is 4.68. The number of nitrogens with zero attached hydrogens (tertiary/aromatic N) is 2. The molecule has 0 aliphatic heterocycles. The second-order valence-corrected chi connectivity index (χ2v) is 9.30. The Morgan fingerprint density at radius 3 is 2.53 bits per heavy atom. The summed E-state index contributed by atoms with van der Waals surface area (Å²) in [4.78, 5) is 17.1. The third-order valence-corrected chi connectivity index (χ3v) is 7.45. The predicted octanol–water partition coefficient (Wildman–Crippen LogP) is 4.01. The van der Waals surface area contributed by atoms with Crippen LogP contribution in [0.1, 0.15) is 29.9 Å². The molecule has 0 radical (unpaired) electrons. The highest BCUT2D eigenvalue weighted by Gasteiger charge is 2.27. The first-order valence-electron chi connectivity index (χ1n) is 9.99. The van der Waals surface area contributed by atoms with Crippen LogP contribution in [0.15, 0.2) is 58.3 Å². The Labute approximate surface area is 191 Å². The summed E-state index contributed by atoms with van der Waals surface area (Å²) in [5.74, 6) is 0.201. The number of para-hydroxylation sites is 2. The monoisotopic (exact) mass is 475 g/mol. The SMILES string of the molecule is CCN(CC)S(=O)(=O)c1cc(C(=O)Nc2ccccc2OCc2cscn2)ccc1OC. The van der Waals surface area contributed by atoms with Crippen LogP contribution in [0.25, 0.3) is 0 Å². The number of methoxy groups -OCH3 is 1. The maximum atomic E-state index is 13.0. The van der Waals surface area contributed by atoms with Gasteiger partial charge in [-0.3, -0.25) is 4.79 Å². The first-order valence-corrected chi connectivity index (χ1v) is 12.4. The fourth-order valence-corrected chi connectivity index (χ4v) is 5.26. The second kappa shape index (κ2) is 10.6. The van der Waals surface area contributed by atoms with E-state index in [0.29, 0.717) is 24.5 Å². The van der Waals surface area contributed by atoms with E-state index in [0.717, 1.165) is 5.69 Å². The number of anilines is 1. The van der Waals surface area contributed by atoms with Gasteiger partial charge in [-0.15, -0.1) is 11.3 Å². The van der Waals surface area contributed by atoms with Crippen molar-refractivity contribution in [3.8, 4) is 11.5 Å². The van der Waals surface area contributed by atoms with Crippen LogP contribution in [0.2, 0.25) is 0 Å². The molecule has 3 aromatic rings. The van der Waals surface area contributed by atoms with E-state index >= 15 is 0 Å². The van der Waals surface area contributed by atoms with Gasteiger partial charge in [0.05, 0.1) is 24.0 Å². The molecule has 8 nitrogen and oxygen atoms in total. The van der Waals surface area contributed by atoms with Crippen LogP contribution in [0.5, 0.6) is 11.5 Å². The van der Waals surface area contributed by atoms with E-state index in [1.165, 1.54) is 41.0 Å². The Hall–Kier alpha value is -2.95. The summed E-state index contributed by atoms with van der Waals surface area (Å²) in [7, 11) is -2.42. The smallest absolute Gasteiger partial charge is 0.255 e. The zero-order valence-electron chi connectivity index (χ0n) is 18.1. The van der Waals surface area contributed by atoms with Gasteiger partial charge in [0.1, 0.15) is 23.0 Å². The third kappa shape index (κ3) is 5.26. The number of sulfonamides is 1. The molecule has 0 atom stereocenters. The molecule has 32 heavy (non-hydrogen) atoms. The van der Waals surface area contributed by atoms with Gasteiger partial charge in [0.25, 0.3) is 5.91 Å². The average molecular weight is 476 g/mol. The maximum absolute atomic E-state index is 13.0. The van der Waals surface area contributed by atoms with Crippen molar-refractivity contribution < 1.29 is 22.7 Å². The van der Waals surface area contributed by atoms with Crippen molar-refractivity contribution in [1.82, 2.24) is 9.29 Å². The number of rotatable bonds is 10. The van der Waals surface area contributed by atoms with Gasteiger partial charge >= 0.3 is 0 Å². The van der Waals surface area contributed by atoms with Crippen molar-refractivity contribution in [3.05, 3.63) is 64.6 Å². The van der Waals surface area contributed by atoms with Gasteiger partial charge in [0.2, 0.25) is 10.0 Å². The maximum Gasteiger partial charge on any atom is 0.255 e. The first kappa shape index (κ1) is 23.7. The number of amides is 1. The molecule has 0 fully saturated rings. The molecule has 0 aliphatic carbocycles. The van der Waals surface area contributed by atoms with Crippen molar-refractivity contribution in [3.63, 3.8) is 0 Å². The molecule has 0 unspecified atom stereocenters. The number of benzene rings is 2. The highest BCUT2D eigenvalue weighted by Crippen LogP contribution is 2.29. The zero-order valence-corrected chi connectivity index (χ0v) is 19.7. The van der Waals surface area contributed by atoms with Crippen LogP contribution in [-0.2, 0) is 16.6 Å². The van der Waals surface area contributed by atoms with E-state index in [1.807, 2.05) is 5.38 Å². The van der Waals surface area contributed by atoms with Crippen molar-refractivity contribution >= 4 is 33.0 Å². The lowest BCUT2D eigenvalue weighted by molar-refractivity contribution is 0.102. The topological polar surface area (TPSA) is 97.8 Å². The summed E-state index contributed by atoms with van der Waals surface area (Å²) >= 11 is 1.47. The van der Waals surface area contributed by atoms with Gasteiger partial charge in [-0.25, -0.2) is 13.4 Å². The van der Waals surface area contributed by atoms with Crippen LogP contribution < -0.4 is 14.8 Å². The lowest BCUT2D eigenvalue weighted by Gasteiger charge is -2.20. The molecule has 1 aromatic heterocycles. The molecule has 1 N–H and O–H groups in total. The van der Waals surface area contributed by atoms with Gasteiger partial charge in [-0.05, 0) is 30.3 Å².